The SMILES string of the molecule is CC#Cc1cc(C)c(C2C(=O)CCCN(C(=O)C(F)(F)C(F)(F)F)CCCC2O)c(C)c1. The van der Waals surface area contributed by atoms with E-state index in [0.29, 0.717) is 10.5 Å². The third kappa shape index (κ3) is 5.47. The lowest BCUT2D eigenvalue weighted by Gasteiger charge is -2.31. The van der Waals surface area contributed by atoms with Crippen molar-refractivity contribution in [2.24, 2.45) is 0 Å². The molecule has 1 N–H and O–H groups in total. The number of halogens is 5. The van der Waals surface area contributed by atoms with Gasteiger partial charge in [0.15, 0.2) is 0 Å². The molecule has 176 valence electrons. The van der Waals surface area contributed by atoms with E-state index in [-0.39, 0.29) is 38.0 Å². The molecule has 0 saturated carbocycles. The number of carbonyl (C=O) groups is 2. The lowest BCUT2D eigenvalue weighted by molar-refractivity contribution is -0.274. The number of aryl methyl sites for hydroxylation is 2. The van der Waals surface area contributed by atoms with Crippen LogP contribution in [-0.2, 0) is 9.59 Å². The smallest absolute Gasteiger partial charge is 0.392 e. The van der Waals surface area contributed by atoms with Crippen LogP contribution in [0.4, 0.5) is 22.0 Å². The maximum atomic E-state index is 13.5. The highest BCUT2D eigenvalue weighted by Gasteiger charge is 2.64. The summed E-state index contributed by atoms with van der Waals surface area (Å²) in [6.45, 7) is 4.54. The molecule has 1 aliphatic rings. The van der Waals surface area contributed by atoms with Gasteiger partial charge in [-0.05, 0) is 68.9 Å². The van der Waals surface area contributed by atoms with Crippen LogP contribution in [0.3, 0.4) is 0 Å². The quantitative estimate of drug-likeness (QED) is 0.530. The van der Waals surface area contributed by atoms with Crippen molar-refractivity contribution in [2.75, 3.05) is 13.1 Å². The van der Waals surface area contributed by atoms with Gasteiger partial charge in [0.1, 0.15) is 5.78 Å². The number of carbonyl (C=O) groups excluding carboxylic acids is 2. The second-order valence-corrected chi connectivity index (χ2v) is 8.02. The average Bonchev–Trinajstić information content (AvgIpc) is 2.67. The molecule has 1 aromatic carbocycles. The minimum Gasteiger partial charge on any atom is -0.392 e. The first-order valence-electron chi connectivity index (χ1n) is 10.3. The van der Waals surface area contributed by atoms with Gasteiger partial charge in [-0.3, -0.25) is 9.59 Å². The molecule has 0 bridgehead atoms. The van der Waals surface area contributed by atoms with E-state index < -0.39 is 36.6 Å². The Balaban J connectivity index is 2.27. The molecule has 4 nitrogen and oxygen atoms in total. The van der Waals surface area contributed by atoms with Gasteiger partial charge in [-0.15, -0.1) is 5.92 Å². The third-order valence-corrected chi connectivity index (χ3v) is 5.60. The highest BCUT2D eigenvalue weighted by atomic mass is 19.4. The van der Waals surface area contributed by atoms with Gasteiger partial charge in [-0.1, -0.05) is 5.92 Å². The average molecular weight is 459 g/mol. The van der Waals surface area contributed by atoms with Crippen molar-refractivity contribution in [3.05, 3.63) is 34.4 Å². The van der Waals surface area contributed by atoms with Gasteiger partial charge in [-0.25, -0.2) is 0 Å². The van der Waals surface area contributed by atoms with E-state index >= 15 is 0 Å². The van der Waals surface area contributed by atoms with Gasteiger partial charge in [0.25, 0.3) is 0 Å². The number of amides is 1. The van der Waals surface area contributed by atoms with Crippen LogP contribution < -0.4 is 0 Å². The number of aliphatic hydroxyl groups is 1. The number of aliphatic hydroxyl groups excluding tert-OH is 1. The lowest BCUT2D eigenvalue weighted by Crippen LogP contribution is -2.52. The summed E-state index contributed by atoms with van der Waals surface area (Å²) >= 11 is 0. The van der Waals surface area contributed by atoms with Crippen molar-refractivity contribution in [1.82, 2.24) is 4.90 Å². The van der Waals surface area contributed by atoms with Crippen molar-refractivity contribution in [3.8, 4) is 11.8 Å². The topological polar surface area (TPSA) is 57.6 Å². The zero-order chi connectivity index (χ0) is 24.3. The van der Waals surface area contributed by atoms with E-state index in [1.165, 1.54) is 0 Å². The number of hydrogen-bond donors (Lipinski definition) is 1. The maximum Gasteiger partial charge on any atom is 0.463 e. The van der Waals surface area contributed by atoms with Crippen LogP contribution in [0, 0.1) is 25.7 Å². The molecule has 1 aromatic rings. The predicted octanol–water partition coefficient (Wildman–Crippen LogP) is 4.29. The number of benzene rings is 1. The van der Waals surface area contributed by atoms with E-state index in [1.807, 2.05) is 26.0 Å². The van der Waals surface area contributed by atoms with Crippen molar-refractivity contribution >= 4 is 11.7 Å². The van der Waals surface area contributed by atoms with Crippen LogP contribution in [0.5, 0.6) is 0 Å². The molecule has 1 amide bonds. The van der Waals surface area contributed by atoms with Gasteiger partial charge in [0.2, 0.25) is 0 Å². The molecule has 1 aliphatic heterocycles. The Morgan fingerprint density at radius 2 is 1.66 bits per heavy atom. The molecular formula is C23H26F5NO3. The fraction of sp³-hybridized carbons (Fsp3) is 0.565. The minimum absolute atomic E-state index is 0.0257. The zero-order valence-electron chi connectivity index (χ0n) is 18.2. The highest BCUT2D eigenvalue weighted by Crippen LogP contribution is 2.37. The molecule has 1 heterocycles. The molecule has 2 rings (SSSR count). The molecule has 0 radical (unpaired) electrons. The molecule has 32 heavy (non-hydrogen) atoms. The van der Waals surface area contributed by atoms with Crippen LogP contribution in [0.15, 0.2) is 12.1 Å². The van der Waals surface area contributed by atoms with Crippen LogP contribution in [-0.4, -0.2) is 53.0 Å². The third-order valence-electron chi connectivity index (χ3n) is 5.60. The van der Waals surface area contributed by atoms with Crippen molar-refractivity contribution < 1.29 is 36.6 Å². The summed E-state index contributed by atoms with van der Waals surface area (Å²) < 4.78 is 64.7. The first kappa shape index (κ1) is 25.8. The Hall–Kier alpha value is -2.47. The minimum atomic E-state index is -6.00. The molecule has 1 fully saturated rings. The van der Waals surface area contributed by atoms with E-state index in [9.17, 15) is 36.6 Å². The van der Waals surface area contributed by atoms with Gasteiger partial charge >= 0.3 is 18.0 Å². The summed E-state index contributed by atoms with van der Waals surface area (Å²) in [7, 11) is 0. The summed E-state index contributed by atoms with van der Waals surface area (Å²) in [5.74, 6) is -3.29. The lowest BCUT2D eigenvalue weighted by atomic mass is 9.80. The van der Waals surface area contributed by atoms with Crippen molar-refractivity contribution in [2.45, 2.75) is 70.6 Å². The summed E-state index contributed by atoms with van der Waals surface area (Å²) in [4.78, 5) is 25.3. The molecule has 0 spiro atoms. The Kier molecular flexibility index (Phi) is 8.05. The summed E-state index contributed by atoms with van der Waals surface area (Å²) in [6, 6.07) is 3.63. The number of rotatable bonds is 2. The van der Waals surface area contributed by atoms with Crippen LogP contribution in [0.2, 0.25) is 0 Å². The second kappa shape index (κ2) is 9.99. The maximum absolute atomic E-state index is 13.5. The Morgan fingerprint density at radius 3 is 2.19 bits per heavy atom. The number of nitrogens with zero attached hydrogens (tertiary/aromatic N) is 1. The fourth-order valence-electron chi connectivity index (χ4n) is 4.14. The molecule has 1 saturated heterocycles. The number of alkyl halides is 5. The summed E-state index contributed by atoms with van der Waals surface area (Å²) in [6.07, 6.45) is -7.47. The van der Waals surface area contributed by atoms with E-state index in [0.717, 1.165) is 16.7 Å². The van der Waals surface area contributed by atoms with E-state index in [2.05, 4.69) is 11.8 Å². The van der Waals surface area contributed by atoms with Gasteiger partial charge in [-0.2, -0.15) is 22.0 Å². The molecule has 0 aliphatic carbocycles. The van der Waals surface area contributed by atoms with Crippen molar-refractivity contribution in [3.63, 3.8) is 0 Å². The van der Waals surface area contributed by atoms with Gasteiger partial charge in [0, 0.05) is 25.1 Å². The van der Waals surface area contributed by atoms with Gasteiger partial charge in [0.05, 0.1) is 12.0 Å². The van der Waals surface area contributed by atoms with E-state index in [1.54, 1.807) is 6.92 Å². The molecule has 9 heteroatoms. The zero-order valence-corrected chi connectivity index (χ0v) is 18.2. The van der Waals surface area contributed by atoms with Crippen LogP contribution in [0.1, 0.15) is 60.8 Å². The Morgan fingerprint density at radius 1 is 1.09 bits per heavy atom. The summed E-state index contributed by atoms with van der Waals surface area (Å²) in [5, 5.41) is 10.8. The Bertz CT molecular complexity index is 907. The Labute approximate surface area is 183 Å². The number of ketones is 1. The molecular weight excluding hydrogens is 433 g/mol. The number of Topliss-reactive ketones (excluding diaryl/α,β-unsaturated/α-hetero) is 1. The number of hydrogen-bond acceptors (Lipinski definition) is 3. The largest absolute Gasteiger partial charge is 0.463 e. The standard InChI is InChI=1S/C23H26F5NO3/c1-4-7-16-12-14(2)19(15(3)13-16)20-17(30)8-5-10-29(11-6-9-18(20)31)21(32)22(24,25)23(26,27)28/h12-13,17,20,30H,5-6,8-11H2,1-3H3. The van der Waals surface area contributed by atoms with Crippen molar-refractivity contribution in [1.29, 1.82) is 0 Å². The first-order chi connectivity index (χ1) is 14.8. The molecule has 2 atom stereocenters. The second-order valence-electron chi connectivity index (χ2n) is 8.02. The van der Waals surface area contributed by atoms with E-state index in [4.69, 9.17) is 0 Å². The monoisotopic (exact) mass is 459 g/mol. The summed E-state index contributed by atoms with van der Waals surface area (Å²) in [5.41, 5.74) is 2.99. The molecule has 2 unspecified atom stereocenters. The van der Waals surface area contributed by atoms with Gasteiger partial charge < -0.3 is 10.0 Å². The van der Waals surface area contributed by atoms with Crippen LogP contribution >= 0.6 is 0 Å². The predicted molar refractivity (Wildman–Crippen MR) is 108 cm³/mol. The highest BCUT2D eigenvalue weighted by molar-refractivity contribution is 5.88. The fourth-order valence-corrected chi connectivity index (χ4v) is 4.14. The first-order valence-corrected chi connectivity index (χ1v) is 10.3. The van der Waals surface area contributed by atoms with Crippen LogP contribution in [0.25, 0.3) is 0 Å². The molecule has 0 aromatic heterocycles. The normalized spacial score (nSPS) is 21.0.